The molecule has 0 saturated carbocycles. The zero-order valence-electron chi connectivity index (χ0n) is 17.0. The molecule has 0 saturated heterocycles. The Balaban J connectivity index is 1.48. The molecular weight excluding hydrogens is 432 g/mol. The van der Waals surface area contributed by atoms with Crippen LogP contribution in [0, 0.1) is 0 Å². The lowest BCUT2D eigenvalue weighted by atomic mass is 10.1. The molecule has 32 heavy (non-hydrogen) atoms. The lowest BCUT2D eigenvalue weighted by Crippen LogP contribution is -2.16. The van der Waals surface area contributed by atoms with E-state index in [4.69, 9.17) is 18.3 Å². The number of rotatable bonds is 7. The first-order chi connectivity index (χ1) is 15.6. The smallest absolute Gasteiger partial charge is 0.266 e. The zero-order chi connectivity index (χ0) is 22.0. The monoisotopic (exact) mass is 452 g/mol. The number of ether oxygens (including phenoxy) is 2. The van der Waals surface area contributed by atoms with Crippen LogP contribution in [-0.2, 0) is 16.3 Å². The fraction of sp³-hybridized carbons (Fsp3) is 0.174. The van der Waals surface area contributed by atoms with Gasteiger partial charge in [-0.25, -0.2) is 8.42 Å². The van der Waals surface area contributed by atoms with Crippen LogP contribution in [0.1, 0.15) is 5.56 Å². The molecule has 2 aromatic heterocycles. The Kier molecular flexibility index (Phi) is 5.32. The molecule has 0 aliphatic carbocycles. The molecule has 0 bridgehead atoms. The van der Waals surface area contributed by atoms with Crippen molar-refractivity contribution in [3.63, 3.8) is 0 Å². The van der Waals surface area contributed by atoms with E-state index in [0.29, 0.717) is 43.4 Å². The Bertz CT molecular complexity index is 1310. The second kappa shape index (κ2) is 8.43. The first kappa shape index (κ1) is 20.2. The van der Waals surface area contributed by atoms with Crippen molar-refractivity contribution >= 4 is 15.7 Å². The Morgan fingerprint density at radius 2 is 1.75 bits per heavy atom. The number of nitrogens with zero attached hydrogens (tertiary/aromatic N) is 1. The van der Waals surface area contributed by atoms with Gasteiger partial charge in [-0.05, 0) is 36.2 Å². The van der Waals surface area contributed by atoms with Crippen LogP contribution < -0.4 is 14.8 Å². The summed E-state index contributed by atoms with van der Waals surface area (Å²) in [7, 11) is -4.01. The van der Waals surface area contributed by atoms with Crippen molar-refractivity contribution in [3.8, 4) is 23.1 Å². The minimum Gasteiger partial charge on any atom is -0.486 e. The molecule has 9 heteroatoms. The maximum Gasteiger partial charge on any atom is 0.266 e. The number of furan rings is 1. The van der Waals surface area contributed by atoms with Gasteiger partial charge in [0.2, 0.25) is 20.7 Å². The molecule has 8 nitrogen and oxygen atoms in total. The van der Waals surface area contributed by atoms with E-state index >= 15 is 0 Å². The second-order valence-electron chi connectivity index (χ2n) is 7.10. The highest BCUT2D eigenvalue weighted by Gasteiger charge is 2.30. The van der Waals surface area contributed by atoms with Gasteiger partial charge in [0.25, 0.3) is 5.89 Å². The maximum absolute atomic E-state index is 13.5. The zero-order valence-corrected chi connectivity index (χ0v) is 17.8. The highest BCUT2D eigenvalue weighted by atomic mass is 32.2. The van der Waals surface area contributed by atoms with Crippen molar-refractivity contribution in [2.24, 2.45) is 0 Å². The Morgan fingerprint density at radius 1 is 0.938 bits per heavy atom. The average molecular weight is 452 g/mol. The van der Waals surface area contributed by atoms with Crippen molar-refractivity contribution in [2.45, 2.75) is 16.3 Å². The van der Waals surface area contributed by atoms with Crippen molar-refractivity contribution in [1.82, 2.24) is 4.98 Å². The first-order valence-corrected chi connectivity index (χ1v) is 11.6. The van der Waals surface area contributed by atoms with Gasteiger partial charge < -0.3 is 23.6 Å². The standard InChI is InChI=1S/C23H20N2O6S/c26-32(27,17-8-9-18-20(15-17)30-14-13-29-18)23-22(24-11-10-16-5-2-1-3-6-16)31-21(25-23)19-7-4-12-28-19/h1-9,12,15,24H,10-11,13-14H2. The highest BCUT2D eigenvalue weighted by molar-refractivity contribution is 7.91. The molecule has 3 heterocycles. The van der Waals surface area contributed by atoms with Gasteiger partial charge in [0, 0.05) is 12.6 Å². The molecule has 2 aromatic carbocycles. The number of hydrogen-bond donors (Lipinski definition) is 1. The third-order valence-corrected chi connectivity index (χ3v) is 6.61. The summed E-state index contributed by atoms with van der Waals surface area (Å²) in [4.78, 5) is 4.29. The molecule has 164 valence electrons. The molecule has 0 unspecified atom stereocenters. The van der Waals surface area contributed by atoms with Gasteiger partial charge in [-0.1, -0.05) is 30.3 Å². The molecular formula is C23H20N2O6S. The number of fused-ring (bicyclic) bond motifs is 1. The van der Waals surface area contributed by atoms with Gasteiger partial charge in [0.15, 0.2) is 17.3 Å². The van der Waals surface area contributed by atoms with Crippen LogP contribution in [-0.4, -0.2) is 33.2 Å². The van der Waals surface area contributed by atoms with E-state index in [1.165, 1.54) is 18.4 Å². The Labute approximate surface area is 184 Å². The molecule has 5 rings (SSSR count). The van der Waals surface area contributed by atoms with Crippen molar-refractivity contribution in [2.75, 3.05) is 25.1 Å². The number of sulfone groups is 1. The summed E-state index contributed by atoms with van der Waals surface area (Å²) in [5, 5.41) is 2.86. The second-order valence-corrected chi connectivity index (χ2v) is 8.97. The van der Waals surface area contributed by atoms with Gasteiger partial charge in [0.1, 0.15) is 13.2 Å². The molecule has 0 atom stereocenters. The predicted octanol–water partition coefficient (Wildman–Crippen LogP) is 4.19. The minimum atomic E-state index is -4.01. The molecule has 0 amide bonds. The summed E-state index contributed by atoms with van der Waals surface area (Å²) in [5.41, 5.74) is 1.11. The van der Waals surface area contributed by atoms with E-state index in [1.54, 1.807) is 18.2 Å². The molecule has 0 radical (unpaired) electrons. The van der Waals surface area contributed by atoms with E-state index in [0.717, 1.165) is 5.56 Å². The van der Waals surface area contributed by atoms with Gasteiger partial charge in [0.05, 0.1) is 11.2 Å². The summed E-state index contributed by atoms with van der Waals surface area (Å²) in [5.74, 6) is 1.36. The summed E-state index contributed by atoms with van der Waals surface area (Å²) in [6.45, 7) is 1.24. The summed E-state index contributed by atoms with van der Waals surface area (Å²) < 4.78 is 49.1. The van der Waals surface area contributed by atoms with E-state index in [2.05, 4.69) is 10.3 Å². The normalized spacial score (nSPS) is 13.1. The quantitative estimate of drug-likeness (QED) is 0.445. The van der Waals surface area contributed by atoms with Gasteiger partial charge in [-0.15, -0.1) is 0 Å². The number of oxazole rings is 1. The van der Waals surface area contributed by atoms with E-state index in [-0.39, 0.29) is 21.7 Å². The number of hydrogen-bond acceptors (Lipinski definition) is 8. The number of benzene rings is 2. The topological polar surface area (TPSA) is 104 Å². The van der Waals surface area contributed by atoms with Gasteiger partial charge in [-0.3, -0.25) is 0 Å². The number of anilines is 1. The van der Waals surface area contributed by atoms with Gasteiger partial charge in [-0.2, -0.15) is 4.98 Å². The number of nitrogens with one attached hydrogen (secondary N) is 1. The van der Waals surface area contributed by atoms with Crippen LogP contribution in [0.4, 0.5) is 5.88 Å². The summed E-state index contributed by atoms with van der Waals surface area (Å²) >= 11 is 0. The lowest BCUT2D eigenvalue weighted by molar-refractivity contribution is 0.171. The van der Waals surface area contributed by atoms with Crippen LogP contribution in [0.3, 0.4) is 0 Å². The van der Waals surface area contributed by atoms with Gasteiger partial charge >= 0.3 is 0 Å². The molecule has 1 N–H and O–H groups in total. The lowest BCUT2D eigenvalue weighted by Gasteiger charge is -2.18. The summed E-state index contributed by atoms with van der Waals surface area (Å²) in [6.07, 6.45) is 2.15. The Morgan fingerprint density at radius 3 is 2.53 bits per heavy atom. The third-order valence-electron chi connectivity index (χ3n) is 4.95. The highest BCUT2D eigenvalue weighted by Crippen LogP contribution is 2.37. The minimum absolute atomic E-state index is 0.0344. The van der Waals surface area contributed by atoms with E-state index < -0.39 is 9.84 Å². The largest absolute Gasteiger partial charge is 0.486 e. The van der Waals surface area contributed by atoms with Crippen molar-refractivity contribution < 1.29 is 26.7 Å². The molecule has 0 fully saturated rings. The van der Waals surface area contributed by atoms with Crippen LogP contribution >= 0.6 is 0 Å². The van der Waals surface area contributed by atoms with Crippen LogP contribution in [0.25, 0.3) is 11.7 Å². The third kappa shape index (κ3) is 3.94. The van der Waals surface area contributed by atoms with Crippen molar-refractivity contribution in [3.05, 3.63) is 72.5 Å². The molecule has 0 spiro atoms. The molecule has 1 aliphatic heterocycles. The average Bonchev–Trinajstić information content (AvgIpc) is 3.50. The SMILES string of the molecule is O=S(=O)(c1ccc2c(c1)OCCO2)c1nc(-c2ccco2)oc1NCCc1ccccc1. The first-order valence-electron chi connectivity index (χ1n) is 10.1. The maximum atomic E-state index is 13.5. The molecule has 4 aromatic rings. The summed E-state index contributed by atoms with van der Waals surface area (Å²) in [6, 6.07) is 17.7. The van der Waals surface area contributed by atoms with E-state index in [9.17, 15) is 8.42 Å². The van der Waals surface area contributed by atoms with Crippen LogP contribution in [0.15, 0.2) is 85.7 Å². The predicted molar refractivity (Wildman–Crippen MR) is 116 cm³/mol. The van der Waals surface area contributed by atoms with Crippen molar-refractivity contribution in [1.29, 1.82) is 0 Å². The van der Waals surface area contributed by atoms with Crippen LogP contribution in [0.5, 0.6) is 11.5 Å². The van der Waals surface area contributed by atoms with E-state index in [1.807, 2.05) is 30.3 Å². The van der Waals surface area contributed by atoms with Crippen LogP contribution in [0.2, 0.25) is 0 Å². The fourth-order valence-electron chi connectivity index (χ4n) is 3.37. The fourth-order valence-corrected chi connectivity index (χ4v) is 4.67. The molecule has 1 aliphatic rings. The number of aromatic nitrogens is 1. The Hall–Kier alpha value is -3.72.